The number of rotatable bonds is 1. The molecule has 0 radical (unpaired) electrons. The number of para-hydroxylation sites is 1. The van der Waals surface area contributed by atoms with Gasteiger partial charge in [-0.1, -0.05) is 29.8 Å². The van der Waals surface area contributed by atoms with Crippen LogP contribution in [0.25, 0.3) is 11.1 Å². The topological polar surface area (TPSA) is 33.1 Å². The second-order valence-electron chi connectivity index (χ2n) is 2.88. The summed E-state index contributed by atoms with van der Waals surface area (Å²) in [7, 11) is 0. The summed E-state index contributed by atoms with van der Waals surface area (Å²) in [4.78, 5) is 3.88. The fourth-order valence-electron chi connectivity index (χ4n) is 1.29. The van der Waals surface area contributed by atoms with Crippen LogP contribution in [0.3, 0.4) is 0 Å². The smallest absolute Gasteiger partial charge is 0.129 e. The summed E-state index contributed by atoms with van der Waals surface area (Å²) in [6.45, 7) is 0. The van der Waals surface area contributed by atoms with E-state index in [4.69, 9.17) is 11.6 Å². The molecule has 0 aliphatic rings. The summed E-state index contributed by atoms with van der Waals surface area (Å²) < 4.78 is 0. The third-order valence-corrected chi connectivity index (χ3v) is 2.15. The van der Waals surface area contributed by atoms with Crippen molar-refractivity contribution in [3.63, 3.8) is 0 Å². The van der Waals surface area contributed by atoms with Crippen molar-refractivity contribution >= 4 is 11.6 Å². The molecule has 0 aliphatic carbocycles. The van der Waals surface area contributed by atoms with Crippen LogP contribution in [0.2, 0.25) is 5.15 Å². The lowest BCUT2D eigenvalue weighted by Gasteiger charge is -2.03. The van der Waals surface area contributed by atoms with E-state index in [1.54, 1.807) is 30.5 Å². The van der Waals surface area contributed by atoms with Crippen molar-refractivity contribution in [2.45, 2.75) is 0 Å². The normalized spacial score (nSPS) is 10.1. The molecule has 1 aromatic carbocycles. The van der Waals surface area contributed by atoms with E-state index in [9.17, 15) is 5.11 Å². The third kappa shape index (κ3) is 1.70. The summed E-state index contributed by atoms with van der Waals surface area (Å²) in [5, 5.41) is 10.0. The number of aromatic hydroxyl groups is 1. The van der Waals surface area contributed by atoms with Crippen LogP contribution in [-0.4, -0.2) is 10.1 Å². The maximum atomic E-state index is 9.59. The third-order valence-electron chi connectivity index (χ3n) is 1.94. The van der Waals surface area contributed by atoms with Crippen molar-refractivity contribution in [1.29, 1.82) is 0 Å². The fourth-order valence-corrected chi connectivity index (χ4v) is 1.46. The first kappa shape index (κ1) is 9.03. The maximum Gasteiger partial charge on any atom is 0.129 e. The molecule has 0 atom stereocenters. The summed E-state index contributed by atoms with van der Waals surface area (Å²) in [6, 6.07) is 10.6. The first-order valence-electron chi connectivity index (χ1n) is 4.17. The van der Waals surface area contributed by atoms with Crippen molar-refractivity contribution < 1.29 is 5.11 Å². The molecule has 0 amide bonds. The van der Waals surface area contributed by atoms with Crippen LogP contribution < -0.4 is 0 Å². The highest BCUT2D eigenvalue weighted by Gasteiger charge is 2.02. The Morgan fingerprint density at radius 2 is 1.93 bits per heavy atom. The standard InChI is InChI=1S/C11H8ClNO/c12-11-7-8(5-6-13-11)9-3-1-2-4-10(9)14/h1-7,14H. The molecular weight excluding hydrogens is 198 g/mol. The minimum atomic E-state index is 0.245. The zero-order valence-electron chi connectivity index (χ0n) is 7.31. The van der Waals surface area contributed by atoms with Gasteiger partial charge in [0.25, 0.3) is 0 Å². The van der Waals surface area contributed by atoms with E-state index in [-0.39, 0.29) is 5.75 Å². The largest absolute Gasteiger partial charge is 0.507 e. The number of hydrogen-bond donors (Lipinski definition) is 1. The molecule has 0 aliphatic heterocycles. The zero-order chi connectivity index (χ0) is 9.97. The van der Waals surface area contributed by atoms with E-state index in [0.717, 1.165) is 11.1 Å². The highest BCUT2D eigenvalue weighted by molar-refractivity contribution is 6.29. The van der Waals surface area contributed by atoms with E-state index in [2.05, 4.69) is 4.98 Å². The summed E-state index contributed by atoms with van der Waals surface area (Å²) in [5.41, 5.74) is 1.62. The number of hydrogen-bond acceptors (Lipinski definition) is 2. The number of nitrogens with zero attached hydrogens (tertiary/aromatic N) is 1. The molecule has 0 fully saturated rings. The average Bonchev–Trinajstić information content (AvgIpc) is 2.18. The van der Waals surface area contributed by atoms with E-state index in [1.807, 2.05) is 12.1 Å². The van der Waals surface area contributed by atoms with Crippen molar-refractivity contribution in [3.8, 4) is 16.9 Å². The van der Waals surface area contributed by atoms with Gasteiger partial charge in [-0.2, -0.15) is 0 Å². The van der Waals surface area contributed by atoms with Crippen LogP contribution in [0.4, 0.5) is 0 Å². The van der Waals surface area contributed by atoms with E-state index in [0.29, 0.717) is 5.15 Å². The molecule has 70 valence electrons. The number of benzene rings is 1. The Morgan fingerprint density at radius 1 is 1.14 bits per heavy atom. The highest BCUT2D eigenvalue weighted by Crippen LogP contribution is 2.29. The summed E-state index contributed by atoms with van der Waals surface area (Å²) in [5.74, 6) is 0.245. The van der Waals surface area contributed by atoms with Crippen molar-refractivity contribution in [3.05, 3.63) is 47.7 Å². The van der Waals surface area contributed by atoms with Gasteiger partial charge in [-0.15, -0.1) is 0 Å². The predicted octanol–water partition coefficient (Wildman–Crippen LogP) is 3.11. The number of phenolic OH excluding ortho intramolecular Hbond substituents is 1. The Labute approximate surface area is 86.8 Å². The van der Waals surface area contributed by atoms with Crippen LogP contribution in [0, 0.1) is 0 Å². The van der Waals surface area contributed by atoms with Crippen molar-refractivity contribution in [2.75, 3.05) is 0 Å². The second-order valence-corrected chi connectivity index (χ2v) is 3.27. The minimum Gasteiger partial charge on any atom is -0.507 e. The molecule has 2 aromatic rings. The summed E-state index contributed by atoms with van der Waals surface area (Å²) in [6.07, 6.45) is 1.62. The van der Waals surface area contributed by atoms with Gasteiger partial charge in [0.2, 0.25) is 0 Å². The lowest BCUT2D eigenvalue weighted by molar-refractivity contribution is 0.477. The van der Waals surface area contributed by atoms with Gasteiger partial charge in [-0.25, -0.2) is 4.98 Å². The average molecular weight is 206 g/mol. The molecule has 2 rings (SSSR count). The van der Waals surface area contributed by atoms with Crippen LogP contribution in [-0.2, 0) is 0 Å². The number of halogens is 1. The summed E-state index contributed by atoms with van der Waals surface area (Å²) >= 11 is 5.75. The second kappa shape index (κ2) is 3.68. The molecule has 0 unspecified atom stereocenters. The van der Waals surface area contributed by atoms with Gasteiger partial charge < -0.3 is 5.11 Å². The van der Waals surface area contributed by atoms with Crippen LogP contribution in [0.5, 0.6) is 5.75 Å². The molecule has 2 nitrogen and oxygen atoms in total. The zero-order valence-corrected chi connectivity index (χ0v) is 8.07. The lowest BCUT2D eigenvalue weighted by Crippen LogP contribution is -1.80. The molecule has 14 heavy (non-hydrogen) atoms. The molecule has 0 saturated carbocycles. The Balaban J connectivity index is 2.55. The van der Waals surface area contributed by atoms with Gasteiger partial charge >= 0.3 is 0 Å². The van der Waals surface area contributed by atoms with Crippen molar-refractivity contribution in [1.82, 2.24) is 4.98 Å². The maximum absolute atomic E-state index is 9.59. The van der Waals surface area contributed by atoms with E-state index in [1.165, 1.54) is 0 Å². The van der Waals surface area contributed by atoms with E-state index < -0.39 is 0 Å². The van der Waals surface area contributed by atoms with Crippen LogP contribution in [0.15, 0.2) is 42.6 Å². The number of phenols is 1. The molecule has 0 bridgehead atoms. The minimum absolute atomic E-state index is 0.245. The predicted molar refractivity (Wildman–Crippen MR) is 56.3 cm³/mol. The van der Waals surface area contributed by atoms with Crippen molar-refractivity contribution in [2.24, 2.45) is 0 Å². The number of aromatic nitrogens is 1. The Morgan fingerprint density at radius 3 is 2.64 bits per heavy atom. The SMILES string of the molecule is Oc1ccccc1-c1ccnc(Cl)c1. The van der Waals surface area contributed by atoms with Gasteiger partial charge in [0.15, 0.2) is 0 Å². The molecule has 0 saturated heterocycles. The van der Waals surface area contributed by atoms with Gasteiger partial charge in [0.1, 0.15) is 10.9 Å². The van der Waals surface area contributed by atoms with E-state index >= 15 is 0 Å². The Kier molecular flexibility index (Phi) is 2.37. The molecular formula is C11H8ClNO. The molecule has 1 N–H and O–H groups in total. The molecule has 1 aromatic heterocycles. The van der Waals surface area contributed by atoms with Gasteiger partial charge in [0, 0.05) is 11.8 Å². The molecule has 1 heterocycles. The van der Waals surface area contributed by atoms with Gasteiger partial charge in [0.05, 0.1) is 0 Å². The quantitative estimate of drug-likeness (QED) is 0.726. The fraction of sp³-hybridized carbons (Fsp3) is 0. The van der Waals surface area contributed by atoms with Crippen LogP contribution >= 0.6 is 11.6 Å². The number of pyridine rings is 1. The first-order valence-corrected chi connectivity index (χ1v) is 4.55. The highest BCUT2D eigenvalue weighted by atomic mass is 35.5. The Bertz CT molecular complexity index is 457. The van der Waals surface area contributed by atoms with Gasteiger partial charge in [-0.3, -0.25) is 0 Å². The monoisotopic (exact) mass is 205 g/mol. The lowest BCUT2D eigenvalue weighted by atomic mass is 10.1. The van der Waals surface area contributed by atoms with Crippen LogP contribution in [0.1, 0.15) is 0 Å². The molecule has 3 heteroatoms. The molecule has 0 spiro atoms. The Hall–Kier alpha value is -1.54. The van der Waals surface area contributed by atoms with Gasteiger partial charge in [-0.05, 0) is 23.8 Å². The first-order chi connectivity index (χ1) is 6.77.